The van der Waals surface area contributed by atoms with Crippen LogP contribution in [0.5, 0.6) is 0 Å². The minimum atomic E-state index is -0.991. The van der Waals surface area contributed by atoms with Gasteiger partial charge in [-0.2, -0.15) is 0 Å². The van der Waals surface area contributed by atoms with Crippen molar-refractivity contribution in [3.8, 4) is 0 Å². The van der Waals surface area contributed by atoms with Crippen molar-refractivity contribution in [3.05, 3.63) is 52.6 Å². The van der Waals surface area contributed by atoms with Gasteiger partial charge >= 0.3 is 5.97 Å². The first-order valence-electron chi connectivity index (χ1n) is 6.47. The fourth-order valence-corrected chi connectivity index (χ4v) is 1.86. The van der Waals surface area contributed by atoms with E-state index >= 15 is 0 Å². The molecule has 2 aromatic rings. The van der Waals surface area contributed by atoms with Crippen molar-refractivity contribution in [2.24, 2.45) is 0 Å². The van der Waals surface area contributed by atoms with Crippen molar-refractivity contribution >= 4 is 17.5 Å². The van der Waals surface area contributed by atoms with Crippen LogP contribution in [0.15, 0.2) is 41.5 Å². The second-order valence-electron chi connectivity index (χ2n) is 5.63. The summed E-state index contributed by atoms with van der Waals surface area (Å²) in [6, 6.07) is 6.13. The third kappa shape index (κ3) is 3.28. The predicted molar refractivity (Wildman–Crippen MR) is 80.2 cm³/mol. The van der Waals surface area contributed by atoms with Crippen LogP contribution in [0.3, 0.4) is 0 Å². The maximum absolute atomic E-state index is 12.3. The Morgan fingerprint density at radius 2 is 1.86 bits per heavy atom. The Morgan fingerprint density at radius 3 is 2.38 bits per heavy atom. The molecule has 0 fully saturated rings. The molecular weight excluding hydrogens is 270 g/mol. The molecule has 0 spiro atoms. The average Bonchev–Trinajstić information content (AvgIpc) is 2.40. The van der Waals surface area contributed by atoms with Crippen LogP contribution in [0.1, 0.15) is 31.1 Å². The second kappa shape index (κ2) is 5.40. The van der Waals surface area contributed by atoms with E-state index < -0.39 is 5.97 Å². The largest absolute Gasteiger partial charge is 0.478 e. The maximum Gasteiger partial charge on any atom is 0.335 e. The Morgan fingerprint density at radius 1 is 1.24 bits per heavy atom. The van der Waals surface area contributed by atoms with Gasteiger partial charge in [-0.3, -0.25) is 4.79 Å². The predicted octanol–water partition coefficient (Wildman–Crippen LogP) is 2.44. The van der Waals surface area contributed by atoms with Crippen molar-refractivity contribution in [2.75, 3.05) is 5.32 Å². The number of nitrogens with one attached hydrogen (secondary N) is 1. The molecule has 2 N–H and O–H groups in total. The number of carbonyl (C=O) groups is 1. The summed E-state index contributed by atoms with van der Waals surface area (Å²) in [5.74, 6) is -0.787. The van der Waals surface area contributed by atoms with Crippen molar-refractivity contribution in [2.45, 2.75) is 26.3 Å². The summed E-state index contributed by atoms with van der Waals surface area (Å²) in [5, 5.41) is 11.8. The van der Waals surface area contributed by atoms with Crippen molar-refractivity contribution in [3.63, 3.8) is 0 Å². The van der Waals surface area contributed by atoms with Gasteiger partial charge < -0.3 is 15.0 Å². The van der Waals surface area contributed by atoms with Crippen LogP contribution in [0.2, 0.25) is 0 Å². The van der Waals surface area contributed by atoms with E-state index in [-0.39, 0.29) is 22.5 Å². The van der Waals surface area contributed by atoms with Crippen molar-refractivity contribution in [1.82, 2.24) is 9.55 Å². The monoisotopic (exact) mass is 287 g/mol. The Bertz CT molecular complexity index is 712. The smallest absolute Gasteiger partial charge is 0.335 e. The molecule has 1 aromatic heterocycles. The van der Waals surface area contributed by atoms with Gasteiger partial charge in [-0.05, 0) is 45.0 Å². The third-order valence-electron chi connectivity index (χ3n) is 2.96. The number of nitrogens with zero attached hydrogens (tertiary/aromatic N) is 2. The van der Waals surface area contributed by atoms with E-state index in [0.29, 0.717) is 5.69 Å². The molecule has 0 saturated carbocycles. The molecule has 21 heavy (non-hydrogen) atoms. The van der Waals surface area contributed by atoms with Gasteiger partial charge in [0, 0.05) is 23.6 Å². The van der Waals surface area contributed by atoms with Crippen LogP contribution < -0.4 is 10.9 Å². The lowest BCUT2D eigenvalue weighted by Gasteiger charge is -2.22. The van der Waals surface area contributed by atoms with Crippen LogP contribution in [0, 0.1) is 0 Å². The molecule has 6 nitrogen and oxygen atoms in total. The molecule has 0 amide bonds. The Hall–Kier alpha value is -2.63. The molecule has 1 heterocycles. The highest BCUT2D eigenvalue weighted by atomic mass is 16.4. The SMILES string of the molecule is CC(C)(C)n1ccnc(Nc2ccc(C(=O)O)cc2)c1=O. The molecule has 110 valence electrons. The Balaban J connectivity index is 2.32. The van der Waals surface area contributed by atoms with Gasteiger partial charge in [0.25, 0.3) is 5.56 Å². The van der Waals surface area contributed by atoms with Gasteiger partial charge in [-0.25, -0.2) is 9.78 Å². The second-order valence-corrected chi connectivity index (χ2v) is 5.63. The summed E-state index contributed by atoms with van der Waals surface area (Å²) in [6.07, 6.45) is 3.20. The molecule has 0 bridgehead atoms. The van der Waals surface area contributed by atoms with E-state index in [1.54, 1.807) is 29.1 Å². The van der Waals surface area contributed by atoms with Gasteiger partial charge in [0.1, 0.15) is 0 Å². The van der Waals surface area contributed by atoms with Gasteiger partial charge in [-0.15, -0.1) is 0 Å². The summed E-state index contributed by atoms with van der Waals surface area (Å²) in [5.41, 5.74) is 0.223. The number of carboxylic acid groups (broad SMARTS) is 1. The lowest BCUT2D eigenvalue weighted by atomic mass is 10.1. The summed E-state index contributed by atoms with van der Waals surface area (Å²) >= 11 is 0. The molecule has 0 aliphatic heterocycles. The average molecular weight is 287 g/mol. The van der Waals surface area contributed by atoms with Gasteiger partial charge in [0.15, 0.2) is 5.82 Å². The molecule has 0 aliphatic rings. The van der Waals surface area contributed by atoms with Crippen molar-refractivity contribution < 1.29 is 9.90 Å². The van der Waals surface area contributed by atoms with Crippen LogP contribution in [0.4, 0.5) is 11.5 Å². The maximum atomic E-state index is 12.3. The number of anilines is 2. The Labute approximate surface area is 122 Å². The van der Waals surface area contributed by atoms with Crippen LogP contribution >= 0.6 is 0 Å². The number of hydrogen-bond donors (Lipinski definition) is 2. The molecule has 0 saturated heterocycles. The fourth-order valence-electron chi connectivity index (χ4n) is 1.86. The van der Waals surface area contributed by atoms with E-state index in [1.807, 2.05) is 20.8 Å². The molecule has 0 atom stereocenters. The van der Waals surface area contributed by atoms with E-state index in [1.165, 1.54) is 12.1 Å². The normalized spacial score (nSPS) is 11.2. The van der Waals surface area contributed by atoms with E-state index in [9.17, 15) is 9.59 Å². The van der Waals surface area contributed by atoms with Gasteiger partial charge in [0.2, 0.25) is 0 Å². The fraction of sp³-hybridized carbons (Fsp3) is 0.267. The summed E-state index contributed by atoms with van der Waals surface area (Å²) in [7, 11) is 0. The topological polar surface area (TPSA) is 84.2 Å². The minimum absolute atomic E-state index is 0.189. The van der Waals surface area contributed by atoms with Gasteiger partial charge in [0.05, 0.1) is 5.56 Å². The number of hydrogen-bond acceptors (Lipinski definition) is 4. The van der Waals surface area contributed by atoms with Crippen molar-refractivity contribution in [1.29, 1.82) is 0 Å². The van der Waals surface area contributed by atoms with Crippen LogP contribution in [0.25, 0.3) is 0 Å². The van der Waals surface area contributed by atoms with E-state index in [0.717, 1.165) is 0 Å². The zero-order valence-corrected chi connectivity index (χ0v) is 12.1. The lowest BCUT2D eigenvalue weighted by Crippen LogP contribution is -2.34. The first-order valence-corrected chi connectivity index (χ1v) is 6.47. The molecule has 0 unspecified atom stereocenters. The highest BCUT2D eigenvalue weighted by molar-refractivity contribution is 5.88. The number of benzene rings is 1. The Kier molecular flexibility index (Phi) is 3.80. The highest BCUT2D eigenvalue weighted by Gasteiger charge is 2.16. The zero-order chi connectivity index (χ0) is 15.6. The molecular formula is C15H17N3O3. The highest BCUT2D eigenvalue weighted by Crippen LogP contribution is 2.15. The minimum Gasteiger partial charge on any atom is -0.478 e. The number of aromatic carboxylic acids is 1. The van der Waals surface area contributed by atoms with Crippen LogP contribution in [-0.2, 0) is 5.54 Å². The van der Waals surface area contributed by atoms with E-state index in [4.69, 9.17) is 5.11 Å². The molecule has 0 aliphatic carbocycles. The third-order valence-corrected chi connectivity index (χ3v) is 2.96. The molecule has 6 heteroatoms. The number of aromatic nitrogens is 2. The molecule has 1 aromatic carbocycles. The van der Waals surface area contributed by atoms with Crippen LogP contribution in [-0.4, -0.2) is 20.6 Å². The summed E-state index contributed by atoms with van der Waals surface area (Å²) in [6.45, 7) is 5.79. The summed E-state index contributed by atoms with van der Waals surface area (Å²) < 4.78 is 1.59. The molecule has 2 rings (SSSR count). The standard InChI is InChI=1S/C15H17N3O3/c1-15(2,3)18-9-8-16-12(13(18)19)17-11-6-4-10(5-7-11)14(20)21/h4-9H,1-3H3,(H,16,17)(H,20,21). The van der Waals surface area contributed by atoms with E-state index in [2.05, 4.69) is 10.3 Å². The number of carboxylic acids is 1. The van der Waals surface area contributed by atoms with Gasteiger partial charge in [-0.1, -0.05) is 0 Å². The zero-order valence-electron chi connectivity index (χ0n) is 12.1. The summed E-state index contributed by atoms with van der Waals surface area (Å²) in [4.78, 5) is 27.2. The molecule has 0 radical (unpaired) electrons. The number of rotatable bonds is 3. The quantitative estimate of drug-likeness (QED) is 0.905. The first-order chi connectivity index (χ1) is 9.79. The first kappa shape index (κ1) is 14.8. The lowest BCUT2D eigenvalue weighted by molar-refractivity contribution is 0.0697.